The van der Waals surface area contributed by atoms with E-state index in [2.05, 4.69) is 40.7 Å². The topological polar surface area (TPSA) is 374 Å². The van der Waals surface area contributed by atoms with Crippen LogP contribution in [0.2, 0.25) is 0 Å². The number of fused-ring (bicyclic) bond motifs is 7. The smallest absolute Gasteiger partial charge is 0.315 e. The summed E-state index contributed by atoms with van der Waals surface area (Å²) in [4.78, 5) is 14.8. The first-order chi connectivity index (χ1) is 35.7. The molecule has 76 heavy (non-hydrogen) atoms. The number of hydrogen-bond acceptors (Lipinski definition) is 23. The quantitative estimate of drug-likeness (QED) is 0.0549. The van der Waals surface area contributed by atoms with E-state index in [0.29, 0.717) is 51.4 Å². The highest BCUT2D eigenvalue weighted by atomic mass is 16.8. The average molecular weight is 1090 g/mol. The number of hydrogen-bond donors (Lipinski definition) is 14. The first kappa shape index (κ1) is 59.0. The lowest BCUT2D eigenvalue weighted by molar-refractivity contribution is -0.390. The molecule has 8 fully saturated rings. The van der Waals surface area contributed by atoms with Crippen LogP contribution in [0.3, 0.4) is 0 Å². The van der Waals surface area contributed by atoms with Crippen molar-refractivity contribution in [3.63, 3.8) is 0 Å². The second-order valence-corrected chi connectivity index (χ2v) is 25.7. The van der Waals surface area contributed by atoms with Crippen molar-refractivity contribution in [1.82, 2.24) is 0 Å². The van der Waals surface area contributed by atoms with E-state index in [1.807, 2.05) is 6.92 Å². The zero-order valence-electron chi connectivity index (χ0n) is 44.4. The van der Waals surface area contributed by atoms with Crippen molar-refractivity contribution < 1.29 is 114 Å². The van der Waals surface area contributed by atoms with Crippen molar-refractivity contribution >= 4 is 5.97 Å². The lowest BCUT2D eigenvalue weighted by Gasteiger charge is -2.71. The van der Waals surface area contributed by atoms with Crippen molar-refractivity contribution in [2.75, 3.05) is 33.0 Å². The number of rotatable bonds is 12. The molecule has 0 aromatic heterocycles. The molecule has 28 atom stereocenters. The number of allylic oxidation sites excluding steroid dienone is 2. The standard InChI is InChI=1S/C53H86O23/c1-48(2)13-15-53(47(68)76-45-40(67)37(64)34(61)28(20-56)72-45)16-14-51(5)23(24(53)17-48)7-8-30-49(3)11-10-31(50(4,22-57)29(49)9-12-52(30,51)6)73-46-42(75-44-39(66)36(63)33(60)27(19-55)71-44)41(25(58)21-69-46)74-43-38(65)35(62)32(59)26(18-54)70-43/h7,24-46,54-67H,8-22H2,1-6H3/t24-,25+,26-,27-,28-,29+,30-,31-,32-,33-,34-,35+,36+,37+,38-,39-,40-,41+,42-,43+,44+,45+,46+,49-,50+,51-,52-,53+/m1/s1. The maximum atomic E-state index is 14.8. The van der Waals surface area contributed by atoms with Gasteiger partial charge in [-0.15, -0.1) is 0 Å². The Bertz CT molecular complexity index is 2080. The second-order valence-electron chi connectivity index (χ2n) is 25.7. The van der Waals surface area contributed by atoms with Crippen LogP contribution < -0.4 is 0 Å². The van der Waals surface area contributed by atoms with Crippen LogP contribution >= 0.6 is 0 Å². The number of esters is 1. The van der Waals surface area contributed by atoms with Gasteiger partial charge in [-0.3, -0.25) is 4.79 Å². The minimum Gasteiger partial charge on any atom is -0.432 e. The van der Waals surface area contributed by atoms with Crippen LogP contribution in [0, 0.1) is 50.2 Å². The molecule has 0 spiro atoms. The van der Waals surface area contributed by atoms with E-state index in [9.17, 15) is 76.3 Å². The fourth-order valence-corrected chi connectivity index (χ4v) is 16.2. The Kier molecular flexibility index (Phi) is 16.8. The number of carbonyl (C=O) groups excluding carboxylic acids is 1. The van der Waals surface area contributed by atoms with Crippen LogP contribution in [-0.4, -0.2) is 233 Å². The Balaban J connectivity index is 0.990. The lowest BCUT2D eigenvalue weighted by atomic mass is 9.33. The molecule has 0 aromatic rings. The highest BCUT2D eigenvalue weighted by molar-refractivity contribution is 5.79. The zero-order chi connectivity index (χ0) is 55.4. The van der Waals surface area contributed by atoms with Crippen LogP contribution in [0.15, 0.2) is 11.6 Å². The van der Waals surface area contributed by atoms with Gasteiger partial charge in [-0.05, 0) is 104 Å². The van der Waals surface area contributed by atoms with Gasteiger partial charge in [0.2, 0.25) is 6.29 Å². The molecule has 4 saturated carbocycles. The third-order valence-corrected chi connectivity index (χ3v) is 21.2. The third kappa shape index (κ3) is 9.46. The van der Waals surface area contributed by atoms with Crippen LogP contribution in [0.25, 0.3) is 0 Å². The van der Waals surface area contributed by atoms with E-state index >= 15 is 0 Å². The van der Waals surface area contributed by atoms with E-state index in [-0.39, 0.29) is 46.0 Å². The van der Waals surface area contributed by atoms with Crippen molar-refractivity contribution in [1.29, 1.82) is 0 Å². The molecule has 9 rings (SSSR count). The molecule has 23 heteroatoms. The van der Waals surface area contributed by atoms with Crippen LogP contribution in [0.5, 0.6) is 0 Å². The van der Waals surface area contributed by atoms with Crippen molar-refractivity contribution in [2.45, 2.75) is 229 Å². The molecule has 4 aliphatic heterocycles. The van der Waals surface area contributed by atoms with E-state index < -0.39 is 166 Å². The first-order valence-electron chi connectivity index (χ1n) is 27.4. The van der Waals surface area contributed by atoms with Crippen molar-refractivity contribution in [2.24, 2.45) is 50.2 Å². The molecule has 0 amide bonds. The Labute approximate surface area is 442 Å². The fraction of sp³-hybridized carbons (Fsp3) is 0.943. The fourth-order valence-electron chi connectivity index (χ4n) is 16.2. The maximum Gasteiger partial charge on any atom is 0.315 e. The summed E-state index contributed by atoms with van der Waals surface area (Å²) in [5, 5.41) is 149. The van der Waals surface area contributed by atoms with Crippen LogP contribution in [0.4, 0.5) is 0 Å². The predicted octanol–water partition coefficient (Wildman–Crippen LogP) is -2.42. The maximum absolute atomic E-state index is 14.8. The normalized spacial score (nSPS) is 54.3. The van der Waals surface area contributed by atoms with Crippen molar-refractivity contribution in [3.8, 4) is 0 Å². The number of ether oxygens (including phenoxy) is 8. The first-order valence-corrected chi connectivity index (χ1v) is 27.4. The average Bonchev–Trinajstić information content (AvgIpc) is 3.39. The summed E-state index contributed by atoms with van der Waals surface area (Å²) in [5.41, 5.74) is -1.85. The summed E-state index contributed by atoms with van der Waals surface area (Å²) < 4.78 is 48.5. The van der Waals surface area contributed by atoms with E-state index in [1.165, 1.54) is 5.57 Å². The Morgan fingerprint density at radius 3 is 1.66 bits per heavy atom. The number of aliphatic hydroxyl groups excluding tert-OH is 14. The molecule has 4 heterocycles. The van der Waals surface area contributed by atoms with Crippen LogP contribution in [0.1, 0.15) is 106 Å². The number of carbonyl (C=O) groups is 1. The Hall–Kier alpha value is -1.63. The van der Waals surface area contributed by atoms with E-state index in [1.54, 1.807) is 0 Å². The summed E-state index contributed by atoms with van der Waals surface area (Å²) in [6.07, 6.45) is -23.5. The highest BCUT2D eigenvalue weighted by Gasteiger charge is 2.71. The zero-order valence-corrected chi connectivity index (χ0v) is 44.4. The van der Waals surface area contributed by atoms with Gasteiger partial charge in [0.15, 0.2) is 18.9 Å². The molecular weight excluding hydrogens is 1000 g/mol. The molecule has 0 aromatic carbocycles. The summed E-state index contributed by atoms with van der Waals surface area (Å²) >= 11 is 0. The molecule has 0 bridgehead atoms. The molecule has 4 saturated heterocycles. The number of aliphatic hydroxyl groups is 14. The van der Waals surface area contributed by atoms with Gasteiger partial charge in [-0.1, -0.05) is 53.2 Å². The molecule has 436 valence electrons. The molecular formula is C53H86O23. The Morgan fingerprint density at radius 1 is 0.579 bits per heavy atom. The minimum atomic E-state index is -1.91. The van der Waals surface area contributed by atoms with E-state index in [4.69, 9.17) is 37.9 Å². The minimum absolute atomic E-state index is 0.101. The van der Waals surface area contributed by atoms with Gasteiger partial charge in [0, 0.05) is 5.41 Å². The third-order valence-electron chi connectivity index (χ3n) is 21.2. The summed E-state index contributed by atoms with van der Waals surface area (Å²) in [7, 11) is 0. The van der Waals surface area contributed by atoms with Gasteiger partial charge in [0.1, 0.15) is 91.6 Å². The molecule has 9 aliphatic rings. The molecule has 5 aliphatic carbocycles. The molecule has 0 unspecified atom stereocenters. The highest BCUT2D eigenvalue weighted by Crippen LogP contribution is 2.76. The van der Waals surface area contributed by atoms with E-state index in [0.717, 1.165) is 12.8 Å². The van der Waals surface area contributed by atoms with Gasteiger partial charge < -0.3 is 109 Å². The monoisotopic (exact) mass is 1090 g/mol. The molecule has 0 radical (unpaired) electrons. The molecule has 14 N–H and O–H groups in total. The summed E-state index contributed by atoms with van der Waals surface area (Å²) in [5.74, 6) is -0.790. The lowest BCUT2D eigenvalue weighted by Crippen LogP contribution is -2.67. The summed E-state index contributed by atoms with van der Waals surface area (Å²) in [6, 6.07) is 0. The largest absolute Gasteiger partial charge is 0.432 e. The van der Waals surface area contributed by atoms with Gasteiger partial charge >= 0.3 is 5.97 Å². The molecule has 23 nitrogen and oxygen atoms in total. The summed E-state index contributed by atoms with van der Waals surface area (Å²) in [6.45, 7) is 10.4. The SMILES string of the molecule is CC1(C)CC[C@]2(C(=O)O[C@@H]3O[C@H](CO)[C@@H](O)[C@H](O)[C@H]3O)CC[C@]3(C)C(=CC[C@@H]4[C@]5(C)CC[C@@H](O[C@@H]6OC[C@H](O)[C@H](O[C@@H]7O[C@H](CO)[C@@H](O)[C@H](O)[C@H]7O)[C@H]6O[C@@H]6O[C@H](CO)[C@@H](O)[C@H](O)[C@H]6O)[C@@](C)(CO)[C@H]5CC[C@]43C)[C@H]2C1. The van der Waals surface area contributed by atoms with Crippen LogP contribution in [-0.2, 0) is 42.7 Å². The van der Waals surface area contributed by atoms with Gasteiger partial charge in [0.05, 0.1) is 44.6 Å². The van der Waals surface area contributed by atoms with Gasteiger partial charge in [0.25, 0.3) is 0 Å². The second kappa shape index (κ2) is 21.6. The van der Waals surface area contributed by atoms with Gasteiger partial charge in [-0.25, -0.2) is 0 Å². The predicted molar refractivity (Wildman–Crippen MR) is 258 cm³/mol. The van der Waals surface area contributed by atoms with Gasteiger partial charge in [-0.2, -0.15) is 0 Å². The Morgan fingerprint density at radius 2 is 1.11 bits per heavy atom. The van der Waals surface area contributed by atoms with Crippen molar-refractivity contribution in [3.05, 3.63) is 11.6 Å².